The molecule has 1 fully saturated rings. The van der Waals surface area contributed by atoms with Crippen LogP contribution in [0.4, 0.5) is 0 Å². The first-order valence-electron chi connectivity index (χ1n) is 8.92. The second-order valence-corrected chi connectivity index (χ2v) is 9.36. The lowest BCUT2D eigenvalue weighted by Crippen LogP contribution is -2.32. The van der Waals surface area contributed by atoms with Crippen LogP contribution in [0.1, 0.15) is 38.2 Å². The largest absolute Gasteiger partial charge is 0.376 e. The van der Waals surface area contributed by atoms with Crippen molar-refractivity contribution in [2.24, 2.45) is 0 Å². The molecule has 4 nitrogen and oxygen atoms in total. The van der Waals surface area contributed by atoms with Gasteiger partial charge >= 0.3 is 0 Å². The minimum Gasteiger partial charge on any atom is -0.376 e. The molecule has 0 saturated carbocycles. The molecule has 26 heavy (non-hydrogen) atoms. The molecule has 0 spiro atoms. The van der Waals surface area contributed by atoms with Crippen LogP contribution in [-0.4, -0.2) is 24.6 Å². The van der Waals surface area contributed by atoms with Crippen molar-refractivity contribution in [2.45, 2.75) is 43.1 Å². The average Bonchev–Trinajstić information content (AvgIpc) is 3.05. The molecule has 2 aromatic carbocycles. The molecular weight excluding hydrogens is 346 g/mol. The van der Waals surface area contributed by atoms with Crippen molar-refractivity contribution < 1.29 is 13.2 Å². The topological polar surface area (TPSA) is 48.3 Å². The van der Waals surface area contributed by atoms with Crippen LogP contribution in [0.5, 0.6) is 0 Å². The van der Waals surface area contributed by atoms with E-state index in [9.17, 15) is 8.42 Å². The second kappa shape index (κ2) is 6.25. The molecule has 4 rings (SSSR count). The molecule has 1 atom stereocenters. The van der Waals surface area contributed by atoms with Crippen LogP contribution in [0.2, 0.25) is 0 Å². The van der Waals surface area contributed by atoms with E-state index in [4.69, 9.17) is 4.74 Å². The summed E-state index contributed by atoms with van der Waals surface area (Å²) in [4.78, 5) is 0.299. The molecule has 1 aliphatic heterocycles. The van der Waals surface area contributed by atoms with Gasteiger partial charge in [-0.3, -0.25) is 0 Å². The highest BCUT2D eigenvalue weighted by molar-refractivity contribution is 7.90. The fourth-order valence-electron chi connectivity index (χ4n) is 3.82. The van der Waals surface area contributed by atoms with Crippen molar-refractivity contribution in [2.75, 3.05) is 6.61 Å². The van der Waals surface area contributed by atoms with Gasteiger partial charge in [-0.1, -0.05) is 24.3 Å². The first-order valence-corrected chi connectivity index (χ1v) is 10.4. The van der Waals surface area contributed by atoms with E-state index in [1.54, 1.807) is 30.5 Å². The number of ether oxygens (including phenoxy) is 1. The molecule has 0 amide bonds. The summed E-state index contributed by atoms with van der Waals surface area (Å²) in [6.07, 6.45) is 3.62. The smallest absolute Gasteiger partial charge is 0.268 e. The number of benzene rings is 2. The Bertz CT molecular complexity index is 1040. The van der Waals surface area contributed by atoms with Crippen molar-refractivity contribution in [3.63, 3.8) is 0 Å². The van der Waals surface area contributed by atoms with Gasteiger partial charge in [-0.15, -0.1) is 0 Å². The Balaban J connectivity index is 1.73. The summed E-state index contributed by atoms with van der Waals surface area (Å²) in [6, 6.07) is 16.5. The van der Waals surface area contributed by atoms with Gasteiger partial charge < -0.3 is 4.74 Å². The van der Waals surface area contributed by atoms with Gasteiger partial charge in [-0.25, -0.2) is 12.4 Å². The molecule has 3 aromatic rings. The predicted octanol–water partition coefficient (Wildman–Crippen LogP) is 4.55. The van der Waals surface area contributed by atoms with E-state index in [0.717, 1.165) is 24.8 Å². The number of rotatable bonds is 3. The van der Waals surface area contributed by atoms with E-state index >= 15 is 0 Å². The summed E-state index contributed by atoms with van der Waals surface area (Å²) >= 11 is 0. The molecule has 136 valence electrons. The van der Waals surface area contributed by atoms with Crippen LogP contribution >= 0.6 is 0 Å². The SMILES string of the molecule is CC1(C)C[C@@H](c2ccc3c(ccn3S(=O)(=O)c3ccccc3)c2)CCO1. The Kier molecular flexibility index (Phi) is 4.16. The van der Waals surface area contributed by atoms with Crippen LogP contribution in [0.25, 0.3) is 10.9 Å². The monoisotopic (exact) mass is 369 g/mol. The molecule has 1 aliphatic rings. The summed E-state index contributed by atoms with van der Waals surface area (Å²) in [5.74, 6) is 0.442. The fourth-order valence-corrected chi connectivity index (χ4v) is 5.20. The number of nitrogens with zero attached hydrogens (tertiary/aromatic N) is 1. The average molecular weight is 369 g/mol. The second-order valence-electron chi connectivity index (χ2n) is 7.55. The van der Waals surface area contributed by atoms with Crippen molar-refractivity contribution in [3.8, 4) is 0 Å². The van der Waals surface area contributed by atoms with Crippen molar-refractivity contribution in [1.82, 2.24) is 3.97 Å². The van der Waals surface area contributed by atoms with E-state index in [1.807, 2.05) is 18.2 Å². The third-order valence-electron chi connectivity index (χ3n) is 5.15. The normalized spacial score (nSPS) is 20.3. The van der Waals surface area contributed by atoms with Gasteiger partial charge in [0.25, 0.3) is 10.0 Å². The minimum atomic E-state index is -3.58. The lowest BCUT2D eigenvalue weighted by Gasteiger charge is -2.35. The van der Waals surface area contributed by atoms with E-state index < -0.39 is 10.0 Å². The van der Waals surface area contributed by atoms with Gasteiger partial charge in [0.15, 0.2) is 0 Å². The third-order valence-corrected chi connectivity index (χ3v) is 6.85. The Morgan fingerprint density at radius 3 is 2.58 bits per heavy atom. The Morgan fingerprint density at radius 1 is 1.08 bits per heavy atom. The maximum absolute atomic E-state index is 12.9. The van der Waals surface area contributed by atoms with Gasteiger partial charge in [0, 0.05) is 18.2 Å². The van der Waals surface area contributed by atoms with Crippen molar-refractivity contribution in [1.29, 1.82) is 0 Å². The highest BCUT2D eigenvalue weighted by atomic mass is 32.2. The highest BCUT2D eigenvalue weighted by Gasteiger charge is 2.30. The Morgan fingerprint density at radius 2 is 1.85 bits per heavy atom. The van der Waals surface area contributed by atoms with Crippen LogP contribution in [0.3, 0.4) is 0 Å². The summed E-state index contributed by atoms with van der Waals surface area (Å²) < 4.78 is 33.0. The van der Waals surface area contributed by atoms with Crippen LogP contribution in [0, 0.1) is 0 Å². The molecular formula is C21H23NO3S. The zero-order chi connectivity index (χ0) is 18.4. The molecule has 0 radical (unpaired) electrons. The molecule has 0 unspecified atom stereocenters. The fraction of sp³-hybridized carbons (Fsp3) is 0.333. The maximum Gasteiger partial charge on any atom is 0.268 e. The Hall–Kier alpha value is -2.11. The van der Waals surface area contributed by atoms with Crippen LogP contribution in [-0.2, 0) is 14.8 Å². The van der Waals surface area contributed by atoms with E-state index in [-0.39, 0.29) is 5.60 Å². The van der Waals surface area contributed by atoms with Gasteiger partial charge in [0.1, 0.15) is 0 Å². The first kappa shape index (κ1) is 17.3. The zero-order valence-corrected chi connectivity index (χ0v) is 15.9. The summed E-state index contributed by atoms with van der Waals surface area (Å²) in [6.45, 7) is 5.01. The summed E-state index contributed by atoms with van der Waals surface area (Å²) in [7, 11) is -3.58. The molecule has 2 heterocycles. The van der Waals surface area contributed by atoms with E-state index in [0.29, 0.717) is 16.3 Å². The summed E-state index contributed by atoms with van der Waals surface area (Å²) in [5.41, 5.74) is 1.85. The van der Waals surface area contributed by atoms with Crippen molar-refractivity contribution in [3.05, 3.63) is 66.4 Å². The minimum absolute atomic E-state index is 0.111. The molecule has 1 aromatic heterocycles. The lowest BCUT2D eigenvalue weighted by molar-refractivity contribution is -0.0592. The predicted molar refractivity (Wildman–Crippen MR) is 103 cm³/mol. The third kappa shape index (κ3) is 3.06. The van der Waals surface area contributed by atoms with E-state index in [1.165, 1.54) is 9.54 Å². The number of aromatic nitrogens is 1. The zero-order valence-electron chi connectivity index (χ0n) is 15.1. The van der Waals surface area contributed by atoms with Gasteiger partial charge in [-0.2, -0.15) is 0 Å². The van der Waals surface area contributed by atoms with Gasteiger partial charge in [0.05, 0.1) is 16.0 Å². The summed E-state index contributed by atoms with van der Waals surface area (Å²) in [5, 5.41) is 0.950. The number of hydrogen-bond acceptors (Lipinski definition) is 3. The number of fused-ring (bicyclic) bond motifs is 1. The lowest BCUT2D eigenvalue weighted by atomic mass is 9.83. The molecule has 1 saturated heterocycles. The number of hydrogen-bond donors (Lipinski definition) is 0. The molecule has 0 aliphatic carbocycles. The van der Waals surface area contributed by atoms with Crippen molar-refractivity contribution >= 4 is 20.9 Å². The molecule has 5 heteroatoms. The van der Waals surface area contributed by atoms with Gasteiger partial charge in [-0.05, 0) is 68.5 Å². The molecule has 0 bridgehead atoms. The highest BCUT2D eigenvalue weighted by Crippen LogP contribution is 2.37. The first-order chi connectivity index (χ1) is 12.4. The maximum atomic E-state index is 12.9. The van der Waals surface area contributed by atoms with E-state index in [2.05, 4.69) is 26.0 Å². The quantitative estimate of drug-likeness (QED) is 0.680. The standard InChI is InChI=1S/C21H23NO3S/c1-21(2)15-18(11-13-25-21)16-8-9-20-17(14-16)10-12-22(20)26(23,24)19-6-4-3-5-7-19/h3-10,12,14,18H,11,13,15H2,1-2H3/t18-/m0/s1. The van der Waals surface area contributed by atoms with Crippen LogP contribution in [0.15, 0.2) is 65.7 Å². The van der Waals surface area contributed by atoms with Gasteiger partial charge in [0.2, 0.25) is 0 Å². The Labute approximate surface area is 154 Å². The van der Waals surface area contributed by atoms with Crippen LogP contribution < -0.4 is 0 Å². The molecule has 0 N–H and O–H groups in total.